The van der Waals surface area contributed by atoms with Crippen LogP contribution in [0, 0.1) is 13.8 Å². The average molecular weight is 340 g/mol. The van der Waals surface area contributed by atoms with Crippen LogP contribution in [0.1, 0.15) is 25.0 Å². The van der Waals surface area contributed by atoms with E-state index in [1.165, 1.54) is 11.4 Å². The van der Waals surface area contributed by atoms with E-state index in [2.05, 4.69) is 0 Å². The molecule has 23 heavy (non-hydrogen) atoms. The molecule has 1 fully saturated rings. The monoisotopic (exact) mass is 340 g/mol. The van der Waals surface area contributed by atoms with Gasteiger partial charge in [-0.1, -0.05) is 0 Å². The van der Waals surface area contributed by atoms with Gasteiger partial charge in [-0.2, -0.15) is 4.31 Å². The van der Waals surface area contributed by atoms with Crippen LogP contribution in [0.4, 0.5) is 0 Å². The Morgan fingerprint density at radius 1 is 1.13 bits per heavy atom. The second-order valence-electron chi connectivity index (χ2n) is 6.11. The highest BCUT2D eigenvalue weighted by molar-refractivity contribution is 7.89. The number of amides is 1. The maximum absolute atomic E-state index is 12.9. The first-order valence-electron chi connectivity index (χ1n) is 7.63. The van der Waals surface area contributed by atoms with Crippen LogP contribution in [0.5, 0.6) is 5.75 Å². The first-order chi connectivity index (χ1) is 10.7. The molecule has 1 saturated heterocycles. The van der Waals surface area contributed by atoms with Crippen LogP contribution in [-0.2, 0) is 14.8 Å². The van der Waals surface area contributed by atoms with Crippen LogP contribution >= 0.6 is 0 Å². The highest BCUT2D eigenvalue weighted by Crippen LogP contribution is 2.30. The van der Waals surface area contributed by atoms with Crippen molar-refractivity contribution in [1.29, 1.82) is 0 Å². The lowest BCUT2D eigenvalue weighted by atomic mass is 10.1. The zero-order valence-electron chi connectivity index (χ0n) is 14.3. The Morgan fingerprint density at radius 2 is 1.74 bits per heavy atom. The fourth-order valence-corrected chi connectivity index (χ4v) is 4.28. The van der Waals surface area contributed by atoms with E-state index < -0.39 is 10.0 Å². The van der Waals surface area contributed by atoms with Crippen LogP contribution in [0.2, 0.25) is 0 Å². The average Bonchev–Trinajstić information content (AvgIpc) is 2.48. The summed E-state index contributed by atoms with van der Waals surface area (Å²) in [6.45, 7) is 8.18. The standard InChI is InChI=1S/C16H24N2O4S/c1-11(2)18-7-6-17(10-16(18)19)23(20,21)15-9-13(4)12(3)8-14(15)22-5/h8-9,11H,6-7,10H2,1-5H3. The molecule has 1 heterocycles. The summed E-state index contributed by atoms with van der Waals surface area (Å²) in [5, 5.41) is 0. The topological polar surface area (TPSA) is 66.9 Å². The molecule has 1 amide bonds. The summed E-state index contributed by atoms with van der Waals surface area (Å²) < 4.78 is 32.3. The molecule has 0 N–H and O–H groups in total. The van der Waals surface area contributed by atoms with Crippen LogP contribution in [0.25, 0.3) is 0 Å². The second kappa shape index (κ2) is 6.49. The van der Waals surface area contributed by atoms with Crippen molar-refractivity contribution < 1.29 is 17.9 Å². The molecule has 7 heteroatoms. The van der Waals surface area contributed by atoms with Crippen molar-refractivity contribution >= 4 is 15.9 Å². The Bertz CT molecular complexity index is 713. The number of aryl methyl sites for hydroxylation is 2. The lowest BCUT2D eigenvalue weighted by molar-refractivity contribution is -0.135. The molecule has 128 valence electrons. The van der Waals surface area contributed by atoms with E-state index in [0.717, 1.165) is 11.1 Å². The largest absolute Gasteiger partial charge is 0.495 e. The molecule has 0 radical (unpaired) electrons. The van der Waals surface area contributed by atoms with Gasteiger partial charge in [-0.3, -0.25) is 4.79 Å². The Labute approximate surface area is 138 Å². The predicted molar refractivity (Wildman–Crippen MR) is 88.1 cm³/mol. The maximum Gasteiger partial charge on any atom is 0.247 e. The number of nitrogens with zero attached hydrogens (tertiary/aromatic N) is 2. The molecule has 0 aliphatic carbocycles. The Morgan fingerprint density at radius 3 is 2.26 bits per heavy atom. The van der Waals surface area contributed by atoms with E-state index in [9.17, 15) is 13.2 Å². The fraction of sp³-hybridized carbons (Fsp3) is 0.562. The van der Waals surface area contributed by atoms with Gasteiger partial charge in [-0.15, -0.1) is 0 Å². The van der Waals surface area contributed by atoms with Gasteiger partial charge in [-0.25, -0.2) is 8.42 Å². The molecular formula is C16H24N2O4S. The van der Waals surface area contributed by atoms with Crippen LogP contribution < -0.4 is 4.74 Å². The lowest BCUT2D eigenvalue weighted by Gasteiger charge is -2.36. The number of ether oxygens (including phenoxy) is 1. The second-order valence-corrected chi connectivity index (χ2v) is 8.01. The van der Waals surface area contributed by atoms with E-state index in [1.807, 2.05) is 27.7 Å². The first kappa shape index (κ1) is 17.7. The van der Waals surface area contributed by atoms with Crippen LogP contribution in [-0.4, -0.2) is 56.3 Å². The van der Waals surface area contributed by atoms with Gasteiger partial charge >= 0.3 is 0 Å². The number of benzene rings is 1. The number of carbonyl (C=O) groups excluding carboxylic acids is 1. The fourth-order valence-electron chi connectivity index (χ4n) is 2.68. The van der Waals surface area contributed by atoms with Crippen molar-refractivity contribution in [3.8, 4) is 5.75 Å². The van der Waals surface area contributed by atoms with Gasteiger partial charge < -0.3 is 9.64 Å². The number of sulfonamides is 1. The van der Waals surface area contributed by atoms with Gasteiger partial charge in [0.1, 0.15) is 10.6 Å². The number of carbonyl (C=O) groups is 1. The van der Waals surface area contributed by atoms with Crippen LogP contribution in [0.3, 0.4) is 0 Å². The third kappa shape index (κ3) is 3.35. The number of methoxy groups -OCH3 is 1. The van der Waals surface area contributed by atoms with Gasteiger partial charge in [0.05, 0.1) is 13.7 Å². The minimum Gasteiger partial charge on any atom is -0.495 e. The first-order valence-corrected chi connectivity index (χ1v) is 9.07. The predicted octanol–water partition coefficient (Wildman–Crippen LogP) is 1.55. The summed E-state index contributed by atoms with van der Waals surface area (Å²) in [6, 6.07) is 3.40. The van der Waals surface area contributed by atoms with Gasteiger partial charge in [0.15, 0.2) is 0 Å². The Hall–Kier alpha value is -1.60. The summed E-state index contributed by atoms with van der Waals surface area (Å²) in [4.78, 5) is 14.0. The summed E-state index contributed by atoms with van der Waals surface area (Å²) in [5.74, 6) is 0.143. The minimum atomic E-state index is -3.77. The molecule has 0 bridgehead atoms. The van der Waals surface area contributed by atoms with Gasteiger partial charge in [0.2, 0.25) is 15.9 Å². The number of piperazine rings is 1. The molecule has 1 aliphatic rings. The molecule has 1 aliphatic heterocycles. The van der Waals surface area contributed by atoms with Crippen molar-refractivity contribution in [2.45, 2.75) is 38.6 Å². The van der Waals surface area contributed by atoms with Gasteiger partial charge in [0.25, 0.3) is 0 Å². The molecule has 0 unspecified atom stereocenters. The van der Waals surface area contributed by atoms with E-state index in [-0.39, 0.29) is 23.4 Å². The smallest absolute Gasteiger partial charge is 0.247 e. The third-order valence-electron chi connectivity index (χ3n) is 4.24. The summed E-state index contributed by atoms with van der Waals surface area (Å²) >= 11 is 0. The summed E-state index contributed by atoms with van der Waals surface area (Å²) in [7, 11) is -2.32. The minimum absolute atomic E-state index is 0.0727. The molecule has 2 rings (SSSR count). The Kier molecular flexibility index (Phi) is 5.01. The highest BCUT2D eigenvalue weighted by atomic mass is 32.2. The van der Waals surface area contributed by atoms with E-state index >= 15 is 0 Å². The number of hydrogen-bond acceptors (Lipinski definition) is 4. The van der Waals surface area contributed by atoms with E-state index in [0.29, 0.717) is 18.8 Å². The van der Waals surface area contributed by atoms with Crippen molar-refractivity contribution in [3.05, 3.63) is 23.3 Å². The SMILES string of the molecule is COc1cc(C)c(C)cc1S(=O)(=O)N1CCN(C(C)C)C(=O)C1. The summed E-state index contributed by atoms with van der Waals surface area (Å²) in [6.07, 6.45) is 0. The Balaban J connectivity index is 2.37. The number of rotatable bonds is 4. The van der Waals surface area contributed by atoms with Gasteiger partial charge in [-0.05, 0) is 51.0 Å². The molecule has 1 aromatic carbocycles. The third-order valence-corrected chi connectivity index (χ3v) is 6.11. The lowest BCUT2D eigenvalue weighted by Crippen LogP contribution is -2.54. The molecular weight excluding hydrogens is 316 g/mol. The van der Waals surface area contributed by atoms with Crippen molar-refractivity contribution in [2.24, 2.45) is 0 Å². The summed E-state index contributed by atoms with van der Waals surface area (Å²) in [5.41, 5.74) is 1.83. The molecule has 0 atom stereocenters. The van der Waals surface area contributed by atoms with Crippen LogP contribution in [0.15, 0.2) is 17.0 Å². The molecule has 1 aromatic rings. The van der Waals surface area contributed by atoms with Crippen molar-refractivity contribution in [2.75, 3.05) is 26.7 Å². The van der Waals surface area contributed by atoms with Gasteiger partial charge in [0, 0.05) is 19.1 Å². The normalized spacial score (nSPS) is 17.0. The molecule has 0 spiro atoms. The molecule has 6 nitrogen and oxygen atoms in total. The van der Waals surface area contributed by atoms with Crippen molar-refractivity contribution in [1.82, 2.24) is 9.21 Å². The molecule has 0 saturated carbocycles. The highest BCUT2D eigenvalue weighted by Gasteiger charge is 2.35. The zero-order valence-corrected chi connectivity index (χ0v) is 15.1. The quantitative estimate of drug-likeness (QED) is 0.834. The van der Waals surface area contributed by atoms with E-state index in [1.54, 1.807) is 17.0 Å². The zero-order chi connectivity index (χ0) is 17.4. The molecule has 0 aromatic heterocycles. The van der Waals surface area contributed by atoms with E-state index in [4.69, 9.17) is 4.74 Å². The van der Waals surface area contributed by atoms with Crippen molar-refractivity contribution in [3.63, 3.8) is 0 Å². The maximum atomic E-state index is 12.9. The number of hydrogen-bond donors (Lipinski definition) is 0.